The second-order valence-electron chi connectivity index (χ2n) is 13.6. The number of allylic oxidation sites excluding steroid dienone is 4. The van der Waals surface area contributed by atoms with Crippen LogP contribution in [0.5, 0.6) is 0 Å². The van der Waals surface area contributed by atoms with Crippen molar-refractivity contribution in [3.8, 4) is 0 Å². The zero-order chi connectivity index (χ0) is 29.8. The van der Waals surface area contributed by atoms with Gasteiger partial charge in [-0.3, -0.25) is 6.08 Å². The van der Waals surface area contributed by atoms with E-state index in [1.54, 1.807) is 0 Å². The van der Waals surface area contributed by atoms with Crippen LogP contribution in [-0.2, 0) is 45.4 Å². The number of hydrogen-bond donors (Lipinski definition) is 0. The molecule has 4 rings (SSSR count). The monoisotopic (exact) mass is 704 g/mol. The van der Waals surface area contributed by atoms with Gasteiger partial charge in [-0.1, -0.05) is 164 Å². The summed E-state index contributed by atoms with van der Waals surface area (Å²) in [5.74, 6) is 0.560. The fraction of sp³-hybridized carbons (Fsp3) is 0.436. The molecule has 0 N–H and O–H groups in total. The minimum Gasteiger partial charge on any atom is -0.266 e. The Morgan fingerprint density at radius 3 is 1.39 bits per heavy atom. The normalized spacial score (nSPS) is 14.3. The average molecular weight is 706 g/mol. The SMILES string of the molecule is CC1=[C-]C(C)C(C)=C1C.CCc1cc(CC)cc([Si](c2ccccc2)c2cc(C(C)(C)C)cc(C(C)(C)C)c2)c1.Cl.Cl.Cl.[Ti]. The molecule has 0 nitrogen and oxygen atoms in total. The first-order valence-electron chi connectivity index (χ1n) is 15.2. The van der Waals surface area contributed by atoms with Gasteiger partial charge in [-0.05, 0) is 45.9 Å². The molecule has 0 heterocycles. The zero-order valence-electron chi connectivity index (χ0n) is 29.1. The van der Waals surface area contributed by atoms with Gasteiger partial charge in [-0.2, -0.15) is 11.1 Å². The predicted octanol–water partition coefficient (Wildman–Crippen LogP) is 9.91. The van der Waals surface area contributed by atoms with E-state index in [-0.39, 0.29) is 69.8 Å². The van der Waals surface area contributed by atoms with Crippen molar-refractivity contribution in [3.05, 3.63) is 112 Å². The fourth-order valence-corrected chi connectivity index (χ4v) is 8.00. The van der Waals surface area contributed by atoms with Gasteiger partial charge in [0, 0.05) is 21.7 Å². The van der Waals surface area contributed by atoms with Crippen LogP contribution in [0, 0.1) is 12.0 Å². The number of rotatable bonds is 5. The molecule has 1 unspecified atom stereocenters. The number of hydrogen-bond acceptors (Lipinski definition) is 0. The maximum Gasteiger partial charge on any atom is 0.154 e. The quantitative estimate of drug-likeness (QED) is 0.141. The van der Waals surface area contributed by atoms with E-state index in [2.05, 4.69) is 156 Å². The van der Waals surface area contributed by atoms with Gasteiger partial charge in [0.2, 0.25) is 0 Å². The van der Waals surface area contributed by atoms with E-state index >= 15 is 0 Å². The van der Waals surface area contributed by atoms with Crippen molar-refractivity contribution in [2.45, 2.75) is 107 Å². The molecule has 5 heteroatoms. The van der Waals surface area contributed by atoms with Gasteiger partial charge in [0.05, 0.1) is 0 Å². The van der Waals surface area contributed by atoms with Crippen molar-refractivity contribution >= 4 is 61.6 Å². The summed E-state index contributed by atoms with van der Waals surface area (Å²) in [5, 5.41) is 4.48. The van der Waals surface area contributed by atoms with Crippen LogP contribution >= 0.6 is 37.2 Å². The summed E-state index contributed by atoms with van der Waals surface area (Å²) >= 11 is 0. The molecule has 1 aliphatic carbocycles. The molecule has 44 heavy (non-hydrogen) atoms. The van der Waals surface area contributed by atoms with Gasteiger partial charge in [0.1, 0.15) is 0 Å². The second-order valence-corrected chi connectivity index (χ2v) is 16.1. The van der Waals surface area contributed by atoms with Gasteiger partial charge >= 0.3 is 0 Å². The molecule has 1 radical (unpaired) electrons. The van der Waals surface area contributed by atoms with E-state index in [9.17, 15) is 0 Å². The van der Waals surface area contributed by atoms with Crippen LogP contribution in [0.25, 0.3) is 0 Å². The minimum atomic E-state index is -1.10. The Balaban J connectivity index is 0. The Bertz CT molecular complexity index is 1320. The van der Waals surface area contributed by atoms with E-state index in [4.69, 9.17) is 0 Å². The Morgan fingerprint density at radius 2 is 1.07 bits per heavy atom. The maximum atomic E-state index is 3.36. The van der Waals surface area contributed by atoms with Crippen LogP contribution in [-0.4, -0.2) is 8.80 Å². The molecule has 1 atom stereocenters. The molecule has 0 amide bonds. The summed E-state index contributed by atoms with van der Waals surface area (Å²) in [6.07, 6.45) is 5.53. The van der Waals surface area contributed by atoms with Crippen molar-refractivity contribution in [3.63, 3.8) is 0 Å². The molecule has 0 saturated heterocycles. The van der Waals surface area contributed by atoms with E-state index < -0.39 is 8.80 Å². The Kier molecular flexibility index (Phi) is 19.4. The van der Waals surface area contributed by atoms with Crippen LogP contribution < -0.4 is 15.6 Å². The topological polar surface area (TPSA) is 0 Å². The van der Waals surface area contributed by atoms with Crippen molar-refractivity contribution in [2.75, 3.05) is 0 Å². The molecule has 0 saturated carbocycles. The van der Waals surface area contributed by atoms with Gasteiger partial charge in [-0.25, -0.2) is 5.57 Å². The van der Waals surface area contributed by atoms with E-state index in [0.29, 0.717) is 5.92 Å². The molecule has 3 aromatic carbocycles. The fourth-order valence-electron chi connectivity index (χ4n) is 5.22. The summed E-state index contributed by atoms with van der Waals surface area (Å²) in [5.41, 5.74) is 10.3. The van der Waals surface area contributed by atoms with Crippen molar-refractivity contribution in [1.29, 1.82) is 0 Å². The van der Waals surface area contributed by atoms with Crippen molar-refractivity contribution in [2.24, 2.45) is 5.92 Å². The van der Waals surface area contributed by atoms with E-state index in [0.717, 1.165) is 12.8 Å². The molecular formula is C39H55Cl3SiTi-. The van der Waals surface area contributed by atoms with Crippen LogP contribution in [0.15, 0.2) is 83.4 Å². The van der Waals surface area contributed by atoms with Gasteiger partial charge in [-0.15, -0.1) is 44.1 Å². The van der Waals surface area contributed by atoms with E-state index in [1.807, 2.05) is 0 Å². The third kappa shape index (κ3) is 11.6. The summed E-state index contributed by atoms with van der Waals surface area (Å²) < 4.78 is 0. The molecule has 0 spiro atoms. The summed E-state index contributed by atoms with van der Waals surface area (Å²) in [7, 11) is -1.10. The molecule has 241 valence electrons. The standard InChI is InChI=1S/C30H39Si.C9H13.3ClH.Ti/c1-9-22-16-23(10-2)18-27(17-22)31(26-14-12-11-13-15-26)28-20-24(29(3,4)5)19-25(21-28)30(6,7)8;1-6-5-7(2)9(4)8(6)3;;;;/h11-21H,9-10H2,1-8H3;6H,1-4H3;3*1H;/q;-1;;;;. The molecule has 0 aliphatic heterocycles. The number of halogens is 3. The summed E-state index contributed by atoms with van der Waals surface area (Å²) in [6.45, 7) is 27.2. The van der Waals surface area contributed by atoms with Crippen molar-refractivity contribution < 1.29 is 21.7 Å². The van der Waals surface area contributed by atoms with Gasteiger partial charge < -0.3 is 0 Å². The molecule has 0 fully saturated rings. The maximum absolute atomic E-state index is 3.36. The van der Waals surface area contributed by atoms with Crippen molar-refractivity contribution in [1.82, 2.24) is 0 Å². The smallest absolute Gasteiger partial charge is 0.154 e. The Hall–Kier alpha value is -1.06. The molecule has 0 aromatic heterocycles. The van der Waals surface area contributed by atoms with Crippen LogP contribution in [0.1, 0.15) is 105 Å². The summed E-state index contributed by atoms with van der Waals surface area (Å²) in [4.78, 5) is 0. The van der Waals surface area contributed by atoms with Crippen LogP contribution in [0.2, 0.25) is 0 Å². The average Bonchev–Trinajstić information content (AvgIpc) is 3.13. The molecule has 0 bridgehead atoms. The predicted molar refractivity (Wildman–Crippen MR) is 202 cm³/mol. The third-order valence-electron chi connectivity index (χ3n) is 8.41. The van der Waals surface area contributed by atoms with Crippen LogP contribution in [0.3, 0.4) is 0 Å². The second kappa shape index (κ2) is 18.9. The first-order valence-corrected chi connectivity index (χ1v) is 16.7. The molecule has 3 aromatic rings. The zero-order valence-corrected chi connectivity index (χ0v) is 34.1. The van der Waals surface area contributed by atoms with E-state index in [1.165, 1.54) is 54.5 Å². The van der Waals surface area contributed by atoms with Gasteiger partial charge in [0.25, 0.3) is 0 Å². The first-order chi connectivity index (χ1) is 18.6. The number of aryl methyl sites for hydroxylation is 2. The Labute approximate surface area is 305 Å². The first kappa shape index (κ1) is 45.1. The van der Waals surface area contributed by atoms with Gasteiger partial charge in [0.15, 0.2) is 8.80 Å². The molecule has 1 aliphatic rings. The molecular weight excluding hydrogens is 651 g/mol. The summed E-state index contributed by atoms with van der Waals surface area (Å²) in [6, 6.07) is 26.0. The Morgan fingerprint density at radius 1 is 0.636 bits per heavy atom. The van der Waals surface area contributed by atoms with Crippen LogP contribution in [0.4, 0.5) is 0 Å². The minimum absolute atomic E-state index is 0. The largest absolute Gasteiger partial charge is 0.266 e. The number of benzene rings is 3. The third-order valence-corrected chi connectivity index (χ3v) is 11.1.